The molecule has 0 bridgehead atoms. The second-order valence-electron chi connectivity index (χ2n) is 6.74. The van der Waals surface area contributed by atoms with Crippen LogP contribution in [0.5, 0.6) is 0 Å². The van der Waals surface area contributed by atoms with Gasteiger partial charge in [0.15, 0.2) is 0 Å². The van der Waals surface area contributed by atoms with E-state index in [1.807, 2.05) is 0 Å². The zero-order valence-electron chi connectivity index (χ0n) is 14.8. The van der Waals surface area contributed by atoms with Crippen LogP contribution in [0.15, 0.2) is 12.2 Å². The molecule has 0 aromatic carbocycles. The molecule has 0 fully saturated rings. The molecule has 0 heterocycles. The van der Waals surface area contributed by atoms with Gasteiger partial charge in [-0.1, -0.05) is 32.9 Å². The number of carboxylic acids is 1. The Morgan fingerprint density at radius 3 is 1.96 bits per heavy atom. The van der Waals surface area contributed by atoms with Gasteiger partial charge in [-0.05, 0) is 6.92 Å². The highest BCUT2D eigenvalue weighted by molar-refractivity contribution is 5.70. The SMILES string of the molecule is C[C@H]([C@H](O)[C@@H](C)C(=O)O)[C@@H](O)C[C@H](O)/C=C\[C@H](C)[C@H](O)[C@@H](C)CO. The van der Waals surface area contributed by atoms with Crippen molar-refractivity contribution in [3.63, 3.8) is 0 Å². The lowest BCUT2D eigenvalue weighted by Crippen LogP contribution is -2.38. The van der Waals surface area contributed by atoms with E-state index in [4.69, 9.17) is 10.2 Å². The standard InChI is InChI=1S/C17H32O7/c1-9(15(21)10(2)8-18)5-6-13(19)7-14(20)11(3)16(22)12(4)17(23)24/h5-6,9-16,18-22H,7-8H2,1-4H3,(H,23,24)/b6-5-/t9-,10-,11-,12+,13+,14-,15-,16-/m0/s1. The molecule has 0 amide bonds. The van der Waals surface area contributed by atoms with Crippen molar-refractivity contribution in [2.75, 3.05) is 6.61 Å². The van der Waals surface area contributed by atoms with Gasteiger partial charge in [0.2, 0.25) is 0 Å². The molecule has 0 saturated carbocycles. The average Bonchev–Trinajstić information content (AvgIpc) is 2.55. The van der Waals surface area contributed by atoms with Crippen molar-refractivity contribution in [1.82, 2.24) is 0 Å². The van der Waals surface area contributed by atoms with Gasteiger partial charge in [-0.2, -0.15) is 0 Å². The number of rotatable bonds is 11. The number of carboxylic acid groups (broad SMARTS) is 1. The first kappa shape index (κ1) is 23.0. The lowest BCUT2D eigenvalue weighted by molar-refractivity contribution is -0.147. The predicted molar refractivity (Wildman–Crippen MR) is 89.2 cm³/mol. The molecule has 142 valence electrons. The van der Waals surface area contributed by atoms with E-state index < -0.39 is 42.2 Å². The number of aliphatic carboxylic acids is 1. The molecule has 24 heavy (non-hydrogen) atoms. The summed E-state index contributed by atoms with van der Waals surface area (Å²) >= 11 is 0. The molecular formula is C17H32O7. The second-order valence-corrected chi connectivity index (χ2v) is 6.74. The Labute approximate surface area is 143 Å². The molecule has 0 aromatic heterocycles. The van der Waals surface area contributed by atoms with Gasteiger partial charge in [-0.15, -0.1) is 0 Å². The zero-order valence-corrected chi connectivity index (χ0v) is 14.8. The Kier molecular flexibility index (Phi) is 10.3. The summed E-state index contributed by atoms with van der Waals surface area (Å²) in [6, 6.07) is 0. The molecule has 0 unspecified atom stereocenters. The van der Waals surface area contributed by atoms with Crippen LogP contribution in [-0.2, 0) is 4.79 Å². The molecule has 0 aliphatic heterocycles. The van der Waals surface area contributed by atoms with Crippen LogP contribution in [-0.4, -0.2) is 67.6 Å². The minimum absolute atomic E-state index is 0.0561. The number of hydrogen-bond donors (Lipinski definition) is 6. The fourth-order valence-corrected chi connectivity index (χ4v) is 2.41. The number of aliphatic hydroxyl groups is 5. The van der Waals surface area contributed by atoms with Gasteiger partial charge in [-0.25, -0.2) is 0 Å². The Bertz CT molecular complexity index is 398. The number of aliphatic hydroxyl groups excluding tert-OH is 5. The molecule has 0 aromatic rings. The van der Waals surface area contributed by atoms with E-state index in [-0.39, 0.29) is 24.9 Å². The fraction of sp³-hybridized carbons (Fsp3) is 0.824. The maximum absolute atomic E-state index is 10.9. The van der Waals surface area contributed by atoms with Crippen LogP contribution in [0.3, 0.4) is 0 Å². The molecule has 6 N–H and O–H groups in total. The summed E-state index contributed by atoms with van der Waals surface area (Å²) in [6.07, 6.45) is -1.04. The third-order valence-electron chi connectivity index (χ3n) is 4.58. The maximum Gasteiger partial charge on any atom is 0.308 e. The lowest BCUT2D eigenvalue weighted by atomic mass is 9.87. The first-order valence-corrected chi connectivity index (χ1v) is 8.27. The number of hydrogen-bond acceptors (Lipinski definition) is 6. The molecular weight excluding hydrogens is 316 g/mol. The third kappa shape index (κ3) is 7.27. The molecule has 0 spiro atoms. The molecule has 0 radical (unpaired) electrons. The average molecular weight is 348 g/mol. The zero-order chi connectivity index (χ0) is 19.0. The van der Waals surface area contributed by atoms with E-state index in [9.17, 15) is 25.2 Å². The van der Waals surface area contributed by atoms with Crippen molar-refractivity contribution in [1.29, 1.82) is 0 Å². The summed E-state index contributed by atoms with van der Waals surface area (Å²) in [5.41, 5.74) is 0. The van der Waals surface area contributed by atoms with Crippen molar-refractivity contribution in [2.45, 2.75) is 58.5 Å². The smallest absolute Gasteiger partial charge is 0.308 e. The maximum atomic E-state index is 10.9. The lowest BCUT2D eigenvalue weighted by Gasteiger charge is -2.27. The Hall–Kier alpha value is -0.990. The molecule has 8 atom stereocenters. The highest BCUT2D eigenvalue weighted by atomic mass is 16.4. The van der Waals surface area contributed by atoms with E-state index in [0.29, 0.717) is 0 Å². The quantitative estimate of drug-likeness (QED) is 0.289. The van der Waals surface area contributed by atoms with E-state index in [2.05, 4.69) is 0 Å². The van der Waals surface area contributed by atoms with Crippen molar-refractivity contribution in [3.8, 4) is 0 Å². The number of carbonyl (C=O) groups is 1. The third-order valence-corrected chi connectivity index (χ3v) is 4.58. The summed E-state index contributed by atoms with van der Waals surface area (Å²) in [5, 5.41) is 57.8. The molecule has 7 heteroatoms. The Morgan fingerprint density at radius 2 is 1.50 bits per heavy atom. The van der Waals surface area contributed by atoms with Crippen LogP contribution in [0.4, 0.5) is 0 Å². The Morgan fingerprint density at radius 1 is 0.958 bits per heavy atom. The van der Waals surface area contributed by atoms with Crippen LogP contribution >= 0.6 is 0 Å². The van der Waals surface area contributed by atoms with Crippen LogP contribution in [0.1, 0.15) is 34.1 Å². The van der Waals surface area contributed by atoms with Gasteiger partial charge < -0.3 is 30.6 Å². The van der Waals surface area contributed by atoms with E-state index in [1.54, 1.807) is 19.9 Å². The van der Waals surface area contributed by atoms with Crippen molar-refractivity contribution in [3.05, 3.63) is 12.2 Å². The molecule has 0 rings (SSSR count). The minimum Gasteiger partial charge on any atom is -0.481 e. The first-order valence-electron chi connectivity index (χ1n) is 8.27. The summed E-state index contributed by atoms with van der Waals surface area (Å²) in [7, 11) is 0. The van der Waals surface area contributed by atoms with E-state index in [1.165, 1.54) is 19.9 Å². The first-order chi connectivity index (χ1) is 11.0. The highest BCUT2D eigenvalue weighted by Crippen LogP contribution is 2.21. The van der Waals surface area contributed by atoms with Gasteiger partial charge in [-0.3, -0.25) is 4.79 Å². The predicted octanol–water partition coefficient (Wildman–Crippen LogP) is -0.00240. The van der Waals surface area contributed by atoms with Gasteiger partial charge in [0, 0.05) is 30.8 Å². The van der Waals surface area contributed by atoms with Crippen molar-refractivity contribution in [2.24, 2.45) is 23.7 Å². The highest BCUT2D eigenvalue weighted by Gasteiger charge is 2.31. The van der Waals surface area contributed by atoms with Crippen molar-refractivity contribution < 1.29 is 35.4 Å². The van der Waals surface area contributed by atoms with E-state index in [0.717, 1.165) is 0 Å². The Balaban J connectivity index is 4.56. The summed E-state index contributed by atoms with van der Waals surface area (Å²) in [4.78, 5) is 10.9. The van der Waals surface area contributed by atoms with E-state index >= 15 is 0 Å². The van der Waals surface area contributed by atoms with Crippen LogP contribution in [0, 0.1) is 23.7 Å². The van der Waals surface area contributed by atoms with Crippen LogP contribution < -0.4 is 0 Å². The van der Waals surface area contributed by atoms with Crippen LogP contribution in [0.25, 0.3) is 0 Å². The van der Waals surface area contributed by atoms with Crippen molar-refractivity contribution >= 4 is 5.97 Å². The minimum atomic E-state index is -1.22. The monoisotopic (exact) mass is 348 g/mol. The summed E-state index contributed by atoms with van der Waals surface area (Å²) in [6.45, 7) is 6.20. The molecule has 7 nitrogen and oxygen atoms in total. The van der Waals surface area contributed by atoms with Gasteiger partial charge in [0.05, 0.1) is 30.3 Å². The fourth-order valence-electron chi connectivity index (χ4n) is 2.41. The van der Waals surface area contributed by atoms with Gasteiger partial charge in [0.1, 0.15) is 0 Å². The van der Waals surface area contributed by atoms with Crippen LogP contribution in [0.2, 0.25) is 0 Å². The molecule has 0 aliphatic carbocycles. The largest absolute Gasteiger partial charge is 0.481 e. The topological polar surface area (TPSA) is 138 Å². The normalized spacial score (nSPS) is 22.4. The van der Waals surface area contributed by atoms with Gasteiger partial charge in [0.25, 0.3) is 0 Å². The molecule has 0 aliphatic rings. The summed E-state index contributed by atoms with van der Waals surface area (Å²) < 4.78 is 0. The second kappa shape index (κ2) is 10.8. The van der Waals surface area contributed by atoms with Gasteiger partial charge >= 0.3 is 5.97 Å². The summed E-state index contributed by atoms with van der Waals surface area (Å²) in [5.74, 6) is -3.45. The molecule has 0 saturated heterocycles.